The molecule has 13 N–H and O–H groups in total. The molecule has 420 valence electrons. The van der Waals surface area contributed by atoms with Crippen LogP contribution in [0.15, 0.2) is 72.8 Å². The smallest absolute Gasteiger partial charge is 0.251 e. The molecule has 0 aromatic heterocycles. The monoisotopic (exact) mass is 1080 g/mol. The Labute approximate surface area is 446 Å². The third-order valence-corrected chi connectivity index (χ3v) is 14.2. The summed E-state index contributed by atoms with van der Waals surface area (Å²) in [7, 11) is 0. The molecule has 0 spiro atoms. The van der Waals surface area contributed by atoms with Crippen molar-refractivity contribution in [3.05, 3.63) is 83.9 Å². The van der Waals surface area contributed by atoms with Crippen LogP contribution in [0.3, 0.4) is 0 Å². The van der Waals surface area contributed by atoms with Crippen molar-refractivity contribution in [2.45, 2.75) is 152 Å². The van der Waals surface area contributed by atoms with Crippen LogP contribution >= 0.6 is 0 Å². The zero-order valence-corrected chi connectivity index (χ0v) is 43.4. The molecule has 13 atom stereocenters. The zero-order valence-electron chi connectivity index (χ0n) is 43.4. The van der Waals surface area contributed by atoms with E-state index < -0.39 is 146 Å². The quantitative estimate of drug-likeness (QED) is 0.0742. The van der Waals surface area contributed by atoms with Gasteiger partial charge in [0.1, 0.15) is 53.9 Å². The number of rotatable bonds is 16. The number of phenolic OH excluding ortho intramolecular Hbond substituents is 1. The second-order valence-corrected chi connectivity index (χ2v) is 20.2. The maximum atomic E-state index is 14.4. The molecular weight excluding hydrogens is 1000 g/mol. The van der Waals surface area contributed by atoms with Gasteiger partial charge in [-0.1, -0.05) is 82.3 Å². The van der Waals surface area contributed by atoms with Crippen molar-refractivity contribution >= 4 is 41.4 Å². The van der Waals surface area contributed by atoms with Crippen LogP contribution in [0.2, 0.25) is 0 Å². The Morgan fingerprint density at radius 2 is 1.34 bits per heavy atom. The third kappa shape index (κ3) is 15.5. The van der Waals surface area contributed by atoms with Crippen LogP contribution in [-0.4, -0.2) is 191 Å². The van der Waals surface area contributed by atoms with Gasteiger partial charge in [-0.2, -0.15) is 0 Å². The summed E-state index contributed by atoms with van der Waals surface area (Å²) in [6.07, 6.45) is -5.69. The molecule has 3 aromatic carbocycles. The fourth-order valence-electron chi connectivity index (χ4n) is 9.70. The number of aromatic hydroxyl groups is 1. The number of ether oxygens (including phenoxy) is 1. The van der Waals surface area contributed by atoms with Crippen molar-refractivity contribution in [1.82, 2.24) is 36.4 Å². The van der Waals surface area contributed by atoms with Crippen molar-refractivity contribution in [1.29, 1.82) is 0 Å². The molecule has 0 bridgehead atoms. The van der Waals surface area contributed by atoms with E-state index in [-0.39, 0.29) is 24.3 Å². The second kappa shape index (κ2) is 27.5. The molecule has 0 radical (unpaired) electrons. The minimum atomic E-state index is -2.25. The van der Waals surface area contributed by atoms with Gasteiger partial charge < -0.3 is 82.0 Å². The first-order chi connectivity index (χ1) is 36.7. The highest BCUT2D eigenvalue weighted by Crippen LogP contribution is 2.27. The SMILES string of the molecule is CCCCCCCCOc1ccc(-c2ccc(C(=O)N[C@H]3C[C@@H](O)[C@@H](O)NC(=O)[C@@H]4[C@@H](O)[C@@H](C)CN4C(=O)[C@H](CO)NC(=O)[C@H]([C@H](O)Cc4ccc(O)cc4)NC(=O)[C@@H]4C[C@@H](O)CN4C(=O)[C@H]([C@@H](C)O)NC3=O)cc2)cc1. The molecule has 0 aliphatic carbocycles. The molecule has 0 saturated carbocycles. The topological polar surface area (TPSA) is 357 Å². The van der Waals surface area contributed by atoms with Gasteiger partial charge in [-0.25, -0.2) is 0 Å². The van der Waals surface area contributed by atoms with Crippen LogP contribution < -0.4 is 31.3 Å². The first kappa shape index (κ1) is 59.5. The average Bonchev–Trinajstić information content (AvgIpc) is 3.96. The number of phenols is 1. The maximum Gasteiger partial charge on any atom is 0.251 e. The first-order valence-electron chi connectivity index (χ1n) is 26.1. The highest BCUT2D eigenvalue weighted by molar-refractivity contribution is 6.00. The molecule has 3 aliphatic rings. The van der Waals surface area contributed by atoms with Crippen molar-refractivity contribution in [3.63, 3.8) is 0 Å². The number of aliphatic hydroxyl groups excluding tert-OH is 7. The molecule has 23 nitrogen and oxygen atoms in total. The fraction of sp³-hybridized carbons (Fsp3) is 0.537. The maximum absolute atomic E-state index is 14.4. The van der Waals surface area contributed by atoms with Crippen LogP contribution in [0.1, 0.15) is 88.1 Å². The van der Waals surface area contributed by atoms with Crippen LogP contribution in [0.4, 0.5) is 0 Å². The number of fused-ring (bicyclic) bond motifs is 2. The Morgan fingerprint density at radius 1 is 0.714 bits per heavy atom. The molecule has 0 unspecified atom stereocenters. The van der Waals surface area contributed by atoms with Crippen LogP contribution in [0, 0.1) is 5.92 Å². The Bertz CT molecular complexity index is 2500. The highest BCUT2D eigenvalue weighted by atomic mass is 16.5. The van der Waals surface area contributed by atoms with E-state index in [0.29, 0.717) is 17.9 Å². The number of benzene rings is 3. The lowest BCUT2D eigenvalue weighted by Crippen LogP contribution is -2.63. The largest absolute Gasteiger partial charge is 0.508 e. The lowest BCUT2D eigenvalue weighted by molar-refractivity contribution is -0.147. The van der Waals surface area contributed by atoms with E-state index in [9.17, 15) is 74.4 Å². The minimum absolute atomic E-state index is 0.0314. The van der Waals surface area contributed by atoms with E-state index >= 15 is 0 Å². The summed E-state index contributed by atoms with van der Waals surface area (Å²) in [6.45, 7) is 3.44. The van der Waals surface area contributed by atoms with Gasteiger partial charge in [0.2, 0.25) is 35.4 Å². The Kier molecular flexibility index (Phi) is 21.3. The molecule has 7 amide bonds. The molecular formula is C54H73N7O16. The number of hydrogen-bond acceptors (Lipinski definition) is 16. The molecule has 6 rings (SSSR count). The number of carbonyl (C=O) groups is 7. The second-order valence-electron chi connectivity index (χ2n) is 20.2. The van der Waals surface area contributed by atoms with Gasteiger partial charge in [0.25, 0.3) is 5.91 Å². The van der Waals surface area contributed by atoms with Crippen molar-refractivity contribution in [2.75, 3.05) is 26.3 Å². The van der Waals surface area contributed by atoms with E-state index in [4.69, 9.17) is 4.74 Å². The Hall–Kier alpha value is -6.73. The van der Waals surface area contributed by atoms with Gasteiger partial charge in [0.05, 0.1) is 37.6 Å². The van der Waals surface area contributed by atoms with E-state index in [1.54, 1.807) is 12.1 Å². The standard InChI is InChI=1S/C54H73N7O16/c1-4-5-6-7-8-9-22-77-37-20-16-33(17-21-37)32-12-14-34(15-13-32)47(69)55-38-25-42(67)50(72)59-52(74)45-46(68)29(2)26-61(45)53(75)39(28-62)56-51(73)44(41(66)23-31-10-18-35(64)19-11-31)58-49(71)40-24-36(65)27-60(40)54(76)43(30(3)63)57-48(38)70/h10-21,29-30,36,38-46,50,62-68,72H,4-9,22-28H2,1-3H3,(H,55,69)(H,56,73)(H,57,70)(H,58,71)(H,59,74)/t29-,30+,36+,38-,39-,40-,41+,42+,43-,44-,45-,46-,50+/m0/s1. The van der Waals surface area contributed by atoms with Crippen molar-refractivity contribution < 1.29 is 79.2 Å². The number of nitrogens with one attached hydrogen (secondary N) is 5. The molecule has 3 heterocycles. The van der Waals surface area contributed by atoms with E-state index in [0.717, 1.165) is 47.1 Å². The summed E-state index contributed by atoms with van der Waals surface area (Å²) >= 11 is 0. The summed E-state index contributed by atoms with van der Waals surface area (Å²) in [5, 5.41) is 99.1. The van der Waals surface area contributed by atoms with Crippen LogP contribution in [-0.2, 0) is 35.2 Å². The van der Waals surface area contributed by atoms with Gasteiger partial charge in [-0.3, -0.25) is 33.6 Å². The molecule has 77 heavy (non-hydrogen) atoms. The lowest BCUT2D eigenvalue weighted by Gasteiger charge is -2.32. The number of carbonyl (C=O) groups excluding carboxylic acids is 7. The normalized spacial score (nSPS) is 27.7. The Morgan fingerprint density at radius 3 is 1.97 bits per heavy atom. The minimum Gasteiger partial charge on any atom is -0.508 e. The van der Waals surface area contributed by atoms with Gasteiger partial charge in [0, 0.05) is 43.8 Å². The van der Waals surface area contributed by atoms with E-state index in [1.165, 1.54) is 62.6 Å². The summed E-state index contributed by atoms with van der Waals surface area (Å²) in [5.74, 6) is -8.07. The van der Waals surface area contributed by atoms with E-state index in [1.807, 2.05) is 24.3 Å². The number of nitrogens with zero attached hydrogens (tertiary/aromatic N) is 2. The summed E-state index contributed by atoms with van der Waals surface area (Å²) < 4.78 is 5.91. The fourth-order valence-corrected chi connectivity index (χ4v) is 9.70. The van der Waals surface area contributed by atoms with Crippen molar-refractivity contribution in [2.24, 2.45) is 5.92 Å². The number of aliphatic hydroxyl groups is 7. The van der Waals surface area contributed by atoms with Gasteiger partial charge >= 0.3 is 0 Å². The van der Waals surface area contributed by atoms with Crippen LogP contribution in [0.25, 0.3) is 11.1 Å². The van der Waals surface area contributed by atoms with Gasteiger partial charge in [-0.05, 0) is 66.4 Å². The average molecular weight is 1080 g/mol. The summed E-state index contributed by atoms with van der Waals surface area (Å²) in [5.41, 5.74) is 1.93. The zero-order chi connectivity index (χ0) is 56.1. The van der Waals surface area contributed by atoms with Gasteiger partial charge in [0.15, 0.2) is 6.23 Å². The highest BCUT2D eigenvalue weighted by Gasteiger charge is 2.49. The summed E-state index contributed by atoms with van der Waals surface area (Å²) in [4.78, 5) is 101. The predicted molar refractivity (Wildman–Crippen MR) is 276 cm³/mol. The lowest BCUT2D eigenvalue weighted by atomic mass is 10.00. The number of amides is 7. The molecule has 3 fully saturated rings. The summed E-state index contributed by atoms with van der Waals surface area (Å²) in [6, 6.07) is 8.13. The third-order valence-electron chi connectivity index (χ3n) is 14.2. The van der Waals surface area contributed by atoms with Crippen LogP contribution in [0.5, 0.6) is 11.5 Å². The predicted octanol–water partition coefficient (Wildman–Crippen LogP) is -1.30. The first-order valence-corrected chi connectivity index (χ1v) is 26.1. The molecule has 3 aliphatic heterocycles. The molecule has 3 saturated heterocycles. The van der Waals surface area contributed by atoms with E-state index in [2.05, 4.69) is 33.5 Å². The number of unbranched alkanes of at least 4 members (excludes halogenated alkanes) is 5. The van der Waals surface area contributed by atoms with Crippen molar-refractivity contribution in [3.8, 4) is 22.6 Å². The Balaban J connectivity index is 1.28. The van der Waals surface area contributed by atoms with Gasteiger partial charge in [-0.15, -0.1) is 0 Å². The molecule has 23 heteroatoms. The number of hydrogen-bond donors (Lipinski definition) is 13. The molecule has 3 aromatic rings.